The molecule has 0 aliphatic rings. The normalized spacial score (nSPS) is 10.7. The second-order valence-electron chi connectivity index (χ2n) is 6.40. The fourth-order valence-corrected chi connectivity index (χ4v) is 3.33. The summed E-state index contributed by atoms with van der Waals surface area (Å²) in [5.74, 6) is 1.70. The summed E-state index contributed by atoms with van der Waals surface area (Å²) in [6, 6.07) is 15.7. The van der Waals surface area contributed by atoms with Crippen LogP contribution in [0.2, 0.25) is 0 Å². The highest BCUT2D eigenvalue weighted by molar-refractivity contribution is 7.99. The molecule has 1 aromatic heterocycles. The maximum absolute atomic E-state index is 12.2. The number of nitrogens with one attached hydrogen (secondary N) is 1. The minimum Gasteiger partial charge on any atom is -0.486 e. The van der Waals surface area contributed by atoms with Crippen LogP contribution in [0.4, 0.5) is 5.69 Å². The van der Waals surface area contributed by atoms with E-state index in [1.165, 1.54) is 17.3 Å². The Kier molecular flexibility index (Phi) is 6.71. The SMILES string of the molecule is CCc1ccc(OCc2nnc(SCC(=O)Nc3ccccc3C)n2C)cc1. The number of para-hydroxylation sites is 1. The maximum Gasteiger partial charge on any atom is 0.234 e. The molecule has 1 amide bonds. The van der Waals surface area contributed by atoms with Crippen molar-refractivity contribution in [2.24, 2.45) is 7.05 Å². The third-order valence-corrected chi connectivity index (χ3v) is 5.40. The minimum absolute atomic E-state index is 0.0730. The second kappa shape index (κ2) is 9.41. The van der Waals surface area contributed by atoms with Gasteiger partial charge in [-0.15, -0.1) is 10.2 Å². The van der Waals surface area contributed by atoms with Crippen LogP contribution in [0.1, 0.15) is 23.9 Å². The van der Waals surface area contributed by atoms with Crippen molar-refractivity contribution >= 4 is 23.4 Å². The summed E-state index contributed by atoms with van der Waals surface area (Å²) >= 11 is 1.35. The summed E-state index contributed by atoms with van der Waals surface area (Å²) in [6.45, 7) is 4.41. The van der Waals surface area contributed by atoms with Crippen LogP contribution in [0.15, 0.2) is 53.7 Å². The fraction of sp³-hybridized carbons (Fsp3) is 0.286. The van der Waals surface area contributed by atoms with Crippen LogP contribution in [0.25, 0.3) is 0 Å². The van der Waals surface area contributed by atoms with E-state index in [1.807, 2.05) is 54.9 Å². The van der Waals surface area contributed by atoms with Gasteiger partial charge in [0, 0.05) is 12.7 Å². The summed E-state index contributed by atoms with van der Waals surface area (Å²) in [4.78, 5) is 12.2. The van der Waals surface area contributed by atoms with Gasteiger partial charge in [-0.25, -0.2) is 0 Å². The number of carbonyl (C=O) groups is 1. The molecular formula is C21H24N4O2S. The van der Waals surface area contributed by atoms with E-state index in [-0.39, 0.29) is 11.7 Å². The van der Waals surface area contributed by atoms with Gasteiger partial charge in [0.25, 0.3) is 0 Å². The van der Waals surface area contributed by atoms with Crippen molar-refractivity contribution in [1.82, 2.24) is 14.8 Å². The Balaban J connectivity index is 1.52. The lowest BCUT2D eigenvalue weighted by molar-refractivity contribution is -0.113. The van der Waals surface area contributed by atoms with Gasteiger partial charge >= 0.3 is 0 Å². The number of aryl methyl sites for hydroxylation is 2. The number of thioether (sulfide) groups is 1. The predicted octanol–water partition coefficient (Wildman–Crippen LogP) is 4.00. The highest BCUT2D eigenvalue weighted by Gasteiger charge is 2.12. The highest BCUT2D eigenvalue weighted by atomic mass is 32.2. The molecule has 0 aliphatic carbocycles. The number of benzene rings is 2. The molecule has 146 valence electrons. The molecule has 2 aromatic carbocycles. The second-order valence-corrected chi connectivity index (χ2v) is 7.34. The van der Waals surface area contributed by atoms with Crippen molar-refractivity contribution in [2.45, 2.75) is 32.0 Å². The summed E-state index contributed by atoms with van der Waals surface area (Å²) < 4.78 is 7.64. The number of anilines is 1. The number of rotatable bonds is 8. The van der Waals surface area contributed by atoms with Gasteiger partial charge in [-0.3, -0.25) is 4.79 Å². The maximum atomic E-state index is 12.2. The van der Waals surface area contributed by atoms with Crippen molar-refractivity contribution in [3.8, 4) is 5.75 Å². The van der Waals surface area contributed by atoms with Crippen LogP contribution >= 0.6 is 11.8 Å². The van der Waals surface area contributed by atoms with Crippen LogP contribution in [0.5, 0.6) is 5.75 Å². The van der Waals surface area contributed by atoms with Gasteiger partial charge in [-0.05, 0) is 42.7 Å². The van der Waals surface area contributed by atoms with Crippen molar-refractivity contribution in [3.63, 3.8) is 0 Å². The zero-order valence-corrected chi connectivity index (χ0v) is 17.1. The molecule has 1 N–H and O–H groups in total. The Bertz CT molecular complexity index is 938. The van der Waals surface area contributed by atoms with Crippen molar-refractivity contribution in [3.05, 3.63) is 65.5 Å². The van der Waals surface area contributed by atoms with Gasteiger partial charge < -0.3 is 14.6 Å². The van der Waals surface area contributed by atoms with E-state index in [1.54, 1.807) is 0 Å². The van der Waals surface area contributed by atoms with Crippen LogP contribution < -0.4 is 10.1 Å². The van der Waals surface area contributed by atoms with E-state index in [0.717, 1.165) is 23.4 Å². The third kappa shape index (κ3) is 5.13. The number of hydrogen-bond donors (Lipinski definition) is 1. The van der Waals surface area contributed by atoms with Crippen LogP contribution in [-0.2, 0) is 24.9 Å². The van der Waals surface area contributed by atoms with Crippen LogP contribution in [-0.4, -0.2) is 26.4 Å². The monoisotopic (exact) mass is 396 g/mol. The molecule has 1 heterocycles. The summed E-state index contributed by atoms with van der Waals surface area (Å²) in [7, 11) is 1.88. The van der Waals surface area contributed by atoms with Gasteiger partial charge in [0.1, 0.15) is 12.4 Å². The molecule has 0 saturated heterocycles. The molecule has 28 heavy (non-hydrogen) atoms. The van der Waals surface area contributed by atoms with E-state index >= 15 is 0 Å². The molecule has 0 spiro atoms. The summed E-state index contributed by atoms with van der Waals surface area (Å²) in [5, 5.41) is 11.9. The van der Waals surface area contributed by atoms with Crippen LogP contribution in [0.3, 0.4) is 0 Å². The van der Waals surface area contributed by atoms with E-state index in [9.17, 15) is 4.79 Å². The first-order valence-electron chi connectivity index (χ1n) is 9.15. The number of ether oxygens (including phenoxy) is 1. The Morgan fingerprint density at radius 2 is 1.89 bits per heavy atom. The Morgan fingerprint density at radius 1 is 1.14 bits per heavy atom. The Morgan fingerprint density at radius 3 is 2.61 bits per heavy atom. The third-order valence-electron chi connectivity index (χ3n) is 4.38. The smallest absolute Gasteiger partial charge is 0.234 e. The highest BCUT2D eigenvalue weighted by Crippen LogP contribution is 2.19. The van der Waals surface area contributed by atoms with Crippen molar-refractivity contribution in [1.29, 1.82) is 0 Å². The molecule has 0 atom stereocenters. The number of nitrogens with zero attached hydrogens (tertiary/aromatic N) is 3. The Labute approximate surface area is 169 Å². The first kappa shape index (κ1) is 19.9. The fourth-order valence-electron chi connectivity index (χ4n) is 2.60. The summed E-state index contributed by atoms with van der Waals surface area (Å²) in [6.07, 6.45) is 1.00. The van der Waals surface area contributed by atoms with Crippen molar-refractivity contribution in [2.75, 3.05) is 11.1 Å². The lowest BCUT2D eigenvalue weighted by Gasteiger charge is -2.08. The van der Waals surface area contributed by atoms with Gasteiger partial charge in [0.2, 0.25) is 5.91 Å². The van der Waals surface area contributed by atoms with Gasteiger partial charge in [0.15, 0.2) is 11.0 Å². The molecule has 0 saturated carbocycles. The first-order valence-corrected chi connectivity index (χ1v) is 10.1. The van der Waals surface area contributed by atoms with Gasteiger partial charge in [-0.1, -0.05) is 49.0 Å². The quantitative estimate of drug-likeness (QED) is 0.583. The molecule has 6 nitrogen and oxygen atoms in total. The van der Waals surface area contributed by atoms with E-state index in [2.05, 4.69) is 34.6 Å². The van der Waals surface area contributed by atoms with Gasteiger partial charge in [-0.2, -0.15) is 0 Å². The molecule has 7 heteroatoms. The number of amides is 1. The molecule has 0 bridgehead atoms. The predicted molar refractivity (Wildman–Crippen MR) is 112 cm³/mol. The number of aromatic nitrogens is 3. The standard InChI is InChI=1S/C21H24N4O2S/c1-4-16-9-11-17(12-10-16)27-13-19-23-24-21(25(19)3)28-14-20(26)22-18-8-6-5-7-15(18)2/h5-12H,4,13-14H2,1-3H3,(H,22,26). The number of carbonyl (C=O) groups excluding carboxylic acids is 1. The van der Waals surface area contributed by atoms with Crippen molar-refractivity contribution < 1.29 is 9.53 Å². The topological polar surface area (TPSA) is 69.0 Å². The molecule has 3 rings (SSSR count). The molecular weight excluding hydrogens is 372 g/mol. The first-order chi connectivity index (χ1) is 13.6. The van der Waals surface area contributed by atoms with E-state index in [0.29, 0.717) is 17.6 Å². The lowest BCUT2D eigenvalue weighted by atomic mass is 10.2. The summed E-state index contributed by atoms with van der Waals surface area (Å²) in [5.41, 5.74) is 3.13. The zero-order valence-electron chi connectivity index (χ0n) is 16.3. The average molecular weight is 397 g/mol. The largest absolute Gasteiger partial charge is 0.486 e. The average Bonchev–Trinajstić information content (AvgIpc) is 3.06. The zero-order chi connectivity index (χ0) is 19.9. The lowest BCUT2D eigenvalue weighted by Crippen LogP contribution is -2.15. The minimum atomic E-state index is -0.0730. The number of hydrogen-bond acceptors (Lipinski definition) is 5. The molecule has 0 unspecified atom stereocenters. The Hall–Kier alpha value is -2.80. The molecule has 0 fully saturated rings. The molecule has 3 aromatic rings. The van der Waals surface area contributed by atoms with E-state index in [4.69, 9.17) is 4.74 Å². The van der Waals surface area contributed by atoms with Gasteiger partial charge in [0.05, 0.1) is 5.75 Å². The van der Waals surface area contributed by atoms with Crippen LogP contribution in [0, 0.1) is 6.92 Å². The van der Waals surface area contributed by atoms with E-state index < -0.39 is 0 Å². The molecule has 0 radical (unpaired) electrons. The molecule has 0 aliphatic heterocycles.